The monoisotopic (exact) mass is 349 g/mol. The molecule has 1 aromatic heterocycles. The minimum absolute atomic E-state index is 0.0233. The van der Waals surface area contributed by atoms with Crippen LogP contribution in [0.3, 0.4) is 0 Å². The number of aromatic nitrogens is 1. The number of hydrogen-bond donors (Lipinski definition) is 1. The van der Waals surface area contributed by atoms with Crippen molar-refractivity contribution in [2.24, 2.45) is 0 Å². The summed E-state index contributed by atoms with van der Waals surface area (Å²) in [6.45, 7) is 3.45. The molecule has 108 valence electrons. The SMILES string of the molecule is Cc1cc(C)c([N+](=O)[O-])cc1NC(=O)c1ccc(Br)nc1. The van der Waals surface area contributed by atoms with Crippen molar-refractivity contribution >= 4 is 33.2 Å². The Balaban J connectivity index is 2.30. The smallest absolute Gasteiger partial charge is 0.274 e. The molecule has 0 aliphatic carbocycles. The minimum atomic E-state index is -0.467. The highest BCUT2D eigenvalue weighted by Gasteiger charge is 2.15. The molecule has 0 fully saturated rings. The quantitative estimate of drug-likeness (QED) is 0.520. The summed E-state index contributed by atoms with van der Waals surface area (Å²) in [4.78, 5) is 26.6. The Labute approximate surface area is 129 Å². The molecule has 0 aliphatic heterocycles. The van der Waals surface area contributed by atoms with Crippen molar-refractivity contribution in [2.45, 2.75) is 13.8 Å². The molecule has 0 unspecified atom stereocenters. The Morgan fingerprint density at radius 3 is 2.57 bits per heavy atom. The van der Waals surface area contributed by atoms with Gasteiger partial charge in [0.05, 0.1) is 16.2 Å². The van der Waals surface area contributed by atoms with Crippen molar-refractivity contribution in [3.05, 3.63) is 61.9 Å². The van der Waals surface area contributed by atoms with Crippen molar-refractivity contribution < 1.29 is 9.72 Å². The van der Waals surface area contributed by atoms with Gasteiger partial charge in [-0.25, -0.2) is 4.98 Å². The van der Waals surface area contributed by atoms with Gasteiger partial charge in [0.2, 0.25) is 0 Å². The Hall–Kier alpha value is -2.28. The number of hydrogen-bond acceptors (Lipinski definition) is 4. The summed E-state index contributed by atoms with van der Waals surface area (Å²) >= 11 is 3.19. The second kappa shape index (κ2) is 6.01. The van der Waals surface area contributed by atoms with Gasteiger partial charge in [0.25, 0.3) is 11.6 Å². The predicted octanol–water partition coefficient (Wildman–Crippen LogP) is 3.62. The van der Waals surface area contributed by atoms with E-state index in [1.165, 1.54) is 12.3 Å². The number of rotatable bonds is 3. The van der Waals surface area contributed by atoms with Crippen LogP contribution in [0.2, 0.25) is 0 Å². The number of amides is 1. The van der Waals surface area contributed by atoms with Gasteiger partial charge >= 0.3 is 0 Å². The molecule has 0 saturated heterocycles. The van der Waals surface area contributed by atoms with Crippen LogP contribution in [0.1, 0.15) is 21.5 Å². The number of aryl methyl sites for hydroxylation is 2. The van der Waals surface area contributed by atoms with Gasteiger partial charge in [-0.2, -0.15) is 0 Å². The Morgan fingerprint density at radius 1 is 1.29 bits per heavy atom. The van der Waals surface area contributed by atoms with Crippen molar-refractivity contribution in [3.8, 4) is 0 Å². The molecule has 1 heterocycles. The zero-order valence-corrected chi connectivity index (χ0v) is 13.0. The maximum atomic E-state index is 12.1. The third-order valence-corrected chi connectivity index (χ3v) is 3.45. The summed E-state index contributed by atoms with van der Waals surface area (Å²) in [5, 5.41) is 13.6. The summed E-state index contributed by atoms with van der Waals surface area (Å²) < 4.78 is 0.626. The van der Waals surface area contributed by atoms with E-state index >= 15 is 0 Å². The van der Waals surface area contributed by atoms with E-state index in [1.807, 2.05) is 0 Å². The standard InChI is InChI=1S/C14H12BrN3O3/c1-8-5-9(2)12(18(20)21)6-11(8)17-14(19)10-3-4-13(15)16-7-10/h3-7H,1-2H3,(H,17,19). The van der Waals surface area contributed by atoms with E-state index in [2.05, 4.69) is 26.2 Å². The van der Waals surface area contributed by atoms with Gasteiger partial charge in [-0.1, -0.05) is 0 Å². The van der Waals surface area contributed by atoms with Crippen molar-refractivity contribution in [3.63, 3.8) is 0 Å². The van der Waals surface area contributed by atoms with Gasteiger partial charge in [-0.3, -0.25) is 14.9 Å². The first kappa shape index (κ1) is 15.1. The van der Waals surface area contributed by atoms with Crippen LogP contribution in [0.4, 0.5) is 11.4 Å². The highest BCUT2D eigenvalue weighted by atomic mass is 79.9. The van der Waals surface area contributed by atoms with Crippen LogP contribution in [0.15, 0.2) is 35.1 Å². The van der Waals surface area contributed by atoms with E-state index in [9.17, 15) is 14.9 Å². The lowest BCUT2D eigenvalue weighted by molar-refractivity contribution is -0.385. The fourth-order valence-corrected chi connectivity index (χ4v) is 2.11. The zero-order valence-electron chi connectivity index (χ0n) is 11.4. The number of benzene rings is 1. The first-order chi connectivity index (χ1) is 9.88. The largest absolute Gasteiger partial charge is 0.321 e. The third kappa shape index (κ3) is 3.43. The van der Waals surface area contributed by atoms with Crippen LogP contribution in [-0.4, -0.2) is 15.8 Å². The summed E-state index contributed by atoms with van der Waals surface area (Å²) in [6.07, 6.45) is 1.43. The van der Waals surface area contributed by atoms with E-state index in [-0.39, 0.29) is 11.6 Å². The van der Waals surface area contributed by atoms with E-state index < -0.39 is 4.92 Å². The average molecular weight is 350 g/mol. The molecule has 2 rings (SSSR count). The first-order valence-corrected chi connectivity index (χ1v) is 6.86. The minimum Gasteiger partial charge on any atom is -0.321 e. The molecule has 1 aromatic carbocycles. The lowest BCUT2D eigenvalue weighted by atomic mass is 10.1. The van der Waals surface area contributed by atoms with Crippen LogP contribution in [0.5, 0.6) is 0 Å². The maximum Gasteiger partial charge on any atom is 0.274 e. The Morgan fingerprint density at radius 2 is 2.00 bits per heavy atom. The molecular weight excluding hydrogens is 338 g/mol. The molecule has 2 aromatic rings. The number of carbonyl (C=O) groups excluding carboxylic acids is 1. The van der Waals surface area contributed by atoms with Crippen LogP contribution < -0.4 is 5.32 Å². The van der Waals surface area contributed by atoms with Crippen LogP contribution in [0.25, 0.3) is 0 Å². The molecule has 1 N–H and O–H groups in total. The second-order valence-electron chi connectivity index (χ2n) is 4.53. The molecule has 0 spiro atoms. The number of anilines is 1. The summed E-state index contributed by atoms with van der Waals surface area (Å²) in [5.74, 6) is -0.365. The lowest BCUT2D eigenvalue weighted by Gasteiger charge is -2.09. The molecule has 1 amide bonds. The molecule has 0 atom stereocenters. The van der Waals surface area contributed by atoms with E-state index in [1.54, 1.807) is 32.0 Å². The molecule has 0 aliphatic rings. The maximum absolute atomic E-state index is 12.1. The van der Waals surface area contributed by atoms with Crippen LogP contribution >= 0.6 is 15.9 Å². The third-order valence-electron chi connectivity index (χ3n) is 2.98. The fourth-order valence-electron chi connectivity index (χ4n) is 1.88. The van der Waals surface area contributed by atoms with Gasteiger partial charge in [0, 0.05) is 17.8 Å². The van der Waals surface area contributed by atoms with Crippen molar-refractivity contribution in [1.82, 2.24) is 4.98 Å². The molecule has 6 nitrogen and oxygen atoms in total. The molecule has 0 bridgehead atoms. The lowest BCUT2D eigenvalue weighted by Crippen LogP contribution is -2.13. The average Bonchev–Trinajstić information content (AvgIpc) is 2.42. The Bertz CT molecular complexity index is 714. The van der Waals surface area contributed by atoms with Crippen LogP contribution in [0, 0.1) is 24.0 Å². The van der Waals surface area contributed by atoms with Gasteiger partial charge in [-0.05, 0) is 53.5 Å². The van der Waals surface area contributed by atoms with Crippen molar-refractivity contribution in [1.29, 1.82) is 0 Å². The number of nitro groups is 1. The number of pyridine rings is 1. The number of carbonyl (C=O) groups is 1. The highest BCUT2D eigenvalue weighted by Crippen LogP contribution is 2.26. The first-order valence-electron chi connectivity index (χ1n) is 6.07. The topological polar surface area (TPSA) is 85.1 Å². The molecule has 0 saturated carbocycles. The summed E-state index contributed by atoms with van der Waals surface area (Å²) in [6, 6.07) is 6.31. The van der Waals surface area contributed by atoms with E-state index in [0.29, 0.717) is 21.4 Å². The molecule has 7 heteroatoms. The second-order valence-corrected chi connectivity index (χ2v) is 5.35. The molecule has 0 radical (unpaired) electrons. The summed E-state index contributed by atoms with van der Waals surface area (Å²) in [5.41, 5.74) is 2.09. The number of halogens is 1. The highest BCUT2D eigenvalue weighted by molar-refractivity contribution is 9.10. The number of nitro benzene ring substituents is 1. The van der Waals surface area contributed by atoms with E-state index in [4.69, 9.17) is 0 Å². The Kier molecular flexibility index (Phi) is 4.32. The molecular formula is C14H12BrN3O3. The van der Waals surface area contributed by atoms with Crippen LogP contribution in [-0.2, 0) is 0 Å². The summed E-state index contributed by atoms with van der Waals surface area (Å²) in [7, 11) is 0. The normalized spacial score (nSPS) is 10.2. The zero-order chi connectivity index (χ0) is 15.6. The van der Waals surface area contributed by atoms with E-state index in [0.717, 1.165) is 5.56 Å². The predicted molar refractivity (Wildman–Crippen MR) is 82.5 cm³/mol. The number of nitrogens with one attached hydrogen (secondary N) is 1. The van der Waals surface area contributed by atoms with Gasteiger partial charge in [0.15, 0.2) is 0 Å². The van der Waals surface area contributed by atoms with Crippen molar-refractivity contribution in [2.75, 3.05) is 5.32 Å². The van der Waals surface area contributed by atoms with Gasteiger partial charge in [-0.15, -0.1) is 0 Å². The molecule has 21 heavy (non-hydrogen) atoms. The fraction of sp³-hybridized carbons (Fsp3) is 0.143. The number of nitrogens with zero attached hydrogens (tertiary/aromatic N) is 2. The van der Waals surface area contributed by atoms with Gasteiger partial charge in [0.1, 0.15) is 4.60 Å². The van der Waals surface area contributed by atoms with Gasteiger partial charge < -0.3 is 5.32 Å².